The van der Waals surface area contributed by atoms with Crippen molar-refractivity contribution in [3.8, 4) is 28.7 Å². The Kier molecular flexibility index (Phi) is 7.46. The Morgan fingerprint density at radius 1 is 0.830 bits per heavy atom. The van der Waals surface area contributed by atoms with Gasteiger partial charge in [0.1, 0.15) is 5.82 Å². The number of pyridine rings is 2. The molecular formula is C40H37N5OPt-2. The van der Waals surface area contributed by atoms with Gasteiger partial charge in [-0.3, -0.25) is 4.57 Å². The van der Waals surface area contributed by atoms with Crippen LogP contribution in [0, 0.1) is 25.3 Å². The van der Waals surface area contributed by atoms with Gasteiger partial charge in [0.15, 0.2) is 0 Å². The zero-order valence-corrected chi connectivity index (χ0v) is 29.5. The molecule has 3 aromatic carbocycles. The van der Waals surface area contributed by atoms with E-state index in [0.717, 1.165) is 22.0 Å². The second-order valence-electron chi connectivity index (χ2n) is 13.6. The summed E-state index contributed by atoms with van der Waals surface area (Å²) in [6.07, 6.45) is 12.2. The first-order valence-electron chi connectivity index (χ1n) is 16.8. The summed E-state index contributed by atoms with van der Waals surface area (Å²) in [5, 5.41) is 1.94. The van der Waals surface area contributed by atoms with Crippen LogP contribution in [0.2, 0.25) is 0 Å². The molecule has 0 aliphatic rings. The predicted molar refractivity (Wildman–Crippen MR) is 182 cm³/mol. The molecule has 240 valence electrons. The van der Waals surface area contributed by atoms with Gasteiger partial charge in [-0.15, -0.1) is 23.6 Å². The average Bonchev–Trinajstić information content (AvgIpc) is 3.67. The zero-order valence-electron chi connectivity index (χ0n) is 30.2. The van der Waals surface area contributed by atoms with Crippen LogP contribution in [0.15, 0.2) is 97.7 Å². The van der Waals surface area contributed by atoms with Gasteiger partial charge in [0, 0.05) is 60.8 Å². The molecule has 0 bridgehead atoms. The van der Waals surface area contributed by atoms with E-state index in [0.29, 0.717) is 28.5 Å². The van der Waals surface area contributed by atoms with Crippen LogP contribution in [0.5, 0.6) is 11.5 Å². The van der Waals surface area contributed by atoms with E-state index < -0.39 is 6.85 Å². The maximum absolute atomic E-state index is 7.92. The molecule has 0 unspecified atom stereocenters. The molecule has 7 heteroatoms. The zero-order chi connectivity index (χ0) is 34.7. The summed E-state index contributed by atoms with van der Waals surface area (Å²) >= 11 is 0. The third-order valence-electron chi connectivity index (χ3n) is 8.16. The molecule has 0 saturated heterocycles. The first kappa shape index (κ1) is 28.7. The SMILES string of the molecule is [2H]C([2H])([2H])c1ccnc(-n2c3[c-]c(Oc4[c-]c(-n5[c-][n+](-c6cc(C(C)(C)C)cc(C(C)(C)C)c6)cc5)cnc4)ccc3c3ccccc32)c1.[Pt]. The van der Waals surface area contributed by atoms with E-state index in [1.165, 1.54) is 23.4 Å². The van der Waals surface area contributed by atoms with Crippen LogP contribution >= 0.6 is 0 Å². The van der Waals surface area contributed by atoms with Crippen LogP contribution < -0.4 is 9.30 Å². The Bertz CT molecular complexity index is 2310. The van der Waals surface area contributed by atoms with Gasteiger partial charge in [0.25, 0.3) is 6.33 Å². The first-order valence-corrected chi connectivity index (χ1v) is 15.3. The summed E-state index contributed by atoms with van der Waals surface area (Å²) in [5.74, 6) is 1.36. The third kappa shape index (κ3) is 6.40. The van der Waals surface area contributed by atoms with Gasteiger partial charge in [-0.05, 0) is 82.0 Å². The molecule has 47 heavy (non-hydrogen) atoms. The smallest absolute Gasteiger partial charge is 0.267 e. The van der Waals surface area contributed by atoms with E-state index in [4.69, 9.17) is 8.85 Å². The molecule has 0 saturated carbocycles. The molecule has 4 heterocycles. The number of nitrogens with zero attached hydrogens (tertiary/aromatic N) is 5. The van der Waals surface area contributed by atoms with Gasteiger partial charge in [0.05, 0.1) is 5.69 Å². The number of hydrogen-bond acceptors (Lipinski definition) is 3. The Morgan fingerprint density at radius 2 is 1.60 bits per heavy atom. The van der Waals surface area contributed by atoms with Gasteiger partial charge < -0.3 is 18.9 Å². The van der Waals surface area contributed by atoms with E-state index in [9.17, 15) is 0 Å². The topological polar surface area (TPSA) is 48.8 Å². The Labute approximate surface area is 295 Å². The third-order valence-corrected chi connectivity index (χ3v) is 8.16. The molecule has 4 aromatic heterocycles. The number of benzene rings is 3. The summed E-state index contributed by atoms with van der Waals surface area (Å²) < 4.78 is 35.8. The van der Waals surface area contributed by atoms with E-state index in [-0.39, 0.29) is 37.5 Å². The molecule has 0 aliphatic carbocycles. The number of aromatic nitrogens is 5. The average molecular weight is 802 g/mol. The maximum atomic E-state index is 7.92. The van der Waals surface area contributed by atoms with Crippen molar-refractivity contribution in [3.05, 3.63) is 133 Å². The maximum Gasteiger partial charge on any atom is 0.267 e. The molecule has 0 amide bonds. The number of fused-ring (bicyclic) bond motifs is 3. The van der Waals surface area contributed by atoms with Crippen molar-refractivity contribution in [2.45, 2.75) is 59.2 Å². The molecule has 0 spiro atoms. The number of ether oxygens (including phenoxy) is 1. The van der Waals surface area contributed by atoms with Crippen LogP contribution in [0.25, 0.3) is 39.0 Å². The second-order valence-corrected chi connectivity index (χ2v) is 13.6. The number of aryl methyl sites for hydroxylation is 1. The van der Waals surface area contributed by atoms with Crippen molar-refractivity contribution >= 4 is 21.8 Å². The van der Waals surface area contributed by atoms with Crippen LogP contribution in [0.1, 0.15) is 62.3 Å². The molecule has 0 atom stereocenters. The van der Waals surface area contributed by atoms with Crippen molar-refractivity contribution in [1.29, 1.82) is 0 Å². The van der Waals surface area contributed by atoms with E-state index >= 15 is 0 Å². The van der Waals surface area contributed by atoms with Crippen LogP contribution in [-0.4, -0.2) is 19.1 Å². The van der Waals surface area contributed by atoms with Crippen molar-refractivity contribution in [2.24, 2.45) is 0 Å². The number of imidazole rings is 1. The van der Waals surface area contributed by atoms with E-state index in [1.807, 2.05) is 62.5 Å². The van der Waals surface area contributed by atoms with Gasteiger partial charge in [-0.1, -0.05) is 77.5 Å². The normalized spacial score (nSPS) is 13.2. The van der Waals surface area contributed by atoms with Gasteiger partial charge in [-0.2, -0.15) is 6.07 Å². The van der Waals surface area contributed by atoms with E-state index in [2.05, 4.69) is 88.2 Å². The quantitative estimate of drug-likeness (QED) is 0.129. The molecular weight excluding hydrogens is 762 g/mol. The largest absolute Gasteiger partial charge is 0.508 e. The Balaban J connectivity index is 0.00000432. The number of rotatable bonds is 5. The summed E-state index contributed by atoms with van der Waals surface area (Å²) in [6.45, 7) is 11.1. The van der Waals surface area contributed by atoms with Crippen molar-refractivity contribution in [2.75, 3.05) is 0 Å². The van der Waals surface area contributed by atoms with Crippen LogP contribution in [0.4, 0.5) is 0 Å². The molecule has 0 aliphatic heterocycles. The molecule has 7 rings (SSSR count). The van der Waals surface area contributed by atoms with Crippen molar-refractivity contribution < 1.29 is 34.5 Å². The summed E-state index contributed by atoms with van der Waals surface area (Å²) in [4.78, 5) is 8.98. The fourth-order valence-corrected chi connectivity index (χ4v) is 5.58. The fraction of sp³-hybridized carbons (Fsp3) is 0.225. The predicted octanol–water partition coefficient (Wildman–Crippen LogP) is 8.73. The minimum absolute atomic E-state index is 0. The second kappa shape index (κ2) is 12.2. The molecule has 0 N–H and O–H groups in total. The first-order chi connectivity index (χ1) is 23.1. The number of hydrogen-bond donors (Lipinski definition) is 0. The monoisotopic (exact) mass is 801 g/mol. The summed E-state index contributed by atoms with van der Waals surface area (Å²) in [6, 6.07) is 28.4. The minimum atomic E-state index is -2.26. The molecule has 6 nitrogen and oxygen atoms in total. The van der Waals surface area contributed by atoms with Crippen LogP contribution in [-0.2, 0) is 31.9 Å². The standard InChI is InChI=1S/C40H37N5O.Pt/c1-27-14-15-42-38(18-27)45-36-11-9-8-10-34(36)35-13-12-32(23-37(35)45)46-33-22-31(24-41-25-33)44-17-16-43(26-44)30-20-28(39(2,3)4)19-29(21-30)40(5,6)7;/h8-21,24-25H,1-7H3;/q-2;/i1D3;. The van der Waals surface area contributed by atoms with Crippen molar-refractivity contribution in [3.63, 3.8) is 0 Å². The molecule has 0 radical (unpaired) electrons. The Hall–Kier alpha value is -4.54. The Morgan fingerprint density at radius 3 is 2.34 bits per heavy atom. The number of para-hydroxylation sites is 1. The fourth-order valence-electron chi connectivity index (χ4n) is 5.58. The molecule has 0 fully saturated rings. The van der Waals surface area contributed by atoms with Gasteiger partial charge in [0.2, 0.25) is 0 Å². The molecule has 7 aromatic rings. The van der Waals surface area contributed by atoms with Gasteiger partial charge in [-0.25, -0.2) is 4.98 Å². The van der Waals surface area contributed by atoms with E-state index in [1.54, 1.807) is 18.5 Å². The summed E-state index contributed by atoms with van der Waals surface area (Å²) in [5.41, 5.74) is 6.03. The van der Waals surface area contributed by atoms with Gasteiger partial charge >= 0.3 is 0 Å². The minimum Gasteiger partial charge on any atom is -0.508 e. The van der Waals surface area contributed by atoms with Crippen LogP contribution in [0.3, 0.4) is 0 Å². The summed E-state index contributed by atoms with van der Waals surface area (Å²) in [7, 11) is 0. The van der Waals surface area contributed by atoms with Crippen molar-refractivity contribution in [1.82, 2.24) is 19.1 Å².